The predicted molar refractivity (Wildman–Crippen MR) is 70.4 cm³/mol. The van der Waals surface area contributed by atoms with Crippen LogP contribution in [0.1, 0.15) is 18.4 Å². The van der Waals surface area contributed by atoms with Crippen molar-refractivity contribution in [1.82, 2.24) is 5.32 Å². The van der Waals surface area contributed by atoms with Crippen LogP contribution >= 0.6 is 0 Å². The van der Waals surface area contributed by atoms with Gasteiger partial charge in [0.05, 0.1) is 0 Å². The number of carbonyl (C=O) groups excluding carboxylic acids is 1. The van der Waals surface area contributed by atoms with Crippen molar-refractivity contribution in [3.8, 4) is 0 Å². The van der Waals surface area contributed by atoms with Gasteiger partial charge in [0.2, 0.25) is 5.91 Å². The number of benzene rings is 1. The first kappa shape index (κ1) is 15.0. The number of carbonyl (C=O) groups is 2. The number of aliphatic hydroxyl groups is 1. The number of anilines is 1. The minimum absolute atomic E-state index is 0.00541. The van der Waals surface area contributed by atoms with Crippen LogP contribution in [0.5, 0.6) is 0 Å². The SMILES string of the molecule is Nc1ccccc1CCC(=O)NC(CCO)C(=O)O. The van der Waals surface area contributed by atoms with Gasteiger partial charge in [-0.1, -0.05) is 18.2 Å². The van der Waals surface area contributed by atoms with Gasteiger partial charge in [-0.25, -0.2) is 4.79 Å². The van der Waals surface area contributed by atoms with Gasteiger partial charge >= 0.3 is 5.97 Å². The van der Waals surface area contributed by atoms with E-state index in [1.165, 1.54) is 0 Å². The maximum atomic E-state index is 11.6. The Morgan fingerprint density at radius 1 is 1.32 bits per heavy atom. The molecule has 6 nitrogen and oxygen atoms in total. The van der Waals surface area contributed by atoms with E-state index < -0.39 is 12.0 Å². The Morgan fingerprint density at radius 3 is 2.58 bits per heavy atom. The number of aryl methyl sites for hydroxylation is 1. The number of hydrogen-bond donors (Lipinski definition) is 4. The van der Waals surface area contributed by atoms with Crippen molar-refractivity contribution in [1.29, 1.82) is 0 Å². The van der Waals surface area contributed by atoms with Crippen LogP contribution in [0.3, 0.4) is 0 Å². The third kappa shape index (κ3) is 4.97. The number of carboxylic acid groups (broad SMARTS) is 1. The summed E-state index contributed by atoms with van der Waals surface area (Å²) < 4.78 is 0. The summed E-state index contributed by atoms with van der Waals surface area (Å²) in [5.74, 6) is -1.52. The Kier molecular flexibility index (Phi) is 5.81. The maximum absolute atomic E-state index is 11.6. The second-order valence-electron chi connectivity index (χ2n) is 4.17. The topological polar surface area (TPSA) is 113 Å². The molecule has 1 aromatic rings. The van der Waals surface area contributed by atoms with Crippen LogP contribution in [0.15, 0.2) is 24.3 Å². The smallest absolute Gasteiger partial charge is 0.326 e. The number of nitrogens with two attached hydrogens (primary N) is 1. The summed E-state index contributed by atoms with van der Waals surface area (Å²) >= 11 is 0. The van der Waals surface area contributed by atoms with E-state index in [1.807, 2.05) is 12.1 Å². The lowest BCUT2D eigenvalue weighted by Crippen LogP contribution is -2.41. The summed E-state index contributed by atoms with van der Waals surface area (Å²) in [5, 5.41) is 19.9. The Labute approximate surface area is 111 Å². The number of nitrogens with one attached hydrogen (secondary N) is 1. The molecule has 0 fully saturated rings. The Hall–Kier alpha value is -2.08. The summed E-state index contributed by atoms with van der Waals surface area (Å²) in [4.78, 5) is 22.4. The van der Waals surface area contributed by atoms with Crippen LogP contribution in [0.25, 0.3) is 0 Å². The van der Waals surface area contributed by atoms with Gasteiger partial charge in [0.15, 0.2) is 0 Å². The number of amides is 1. The zero-order valence-electron chi connectivity index (χ0n) is 10.5. The number of nitrogen functional groups attached to an aromatic ring is 1. The fourth-order valence-electron chi connectivity index (χ4n) is 1.66. The number of aliphatic carboxylic acids is 1. The predicted octanol–water partition coefficient (Wildman–Crippen LogP) is 0.153. The number of para-hydroxylation sites is 1. The van der Waals surface area contributed by atoms with Gasteiger partial charge in [0, 0.05) is 25.1 Å². The van der Waals surface area contributed by atoms with Gasteiger partial charge in [0.1, 0.15) is 6.04 Å². The molecule has 0 bridgehead atoms. The summed E-state index contributed by atoms with van der Waals surface area (Å²) in [6.07, 6.45) is 0.599. The molecular weight excluding hydrogens is 248 g/mol. The summed E-state index contributed by atoms with van der Waals surface area (Å²) in [6.45, 7) is -0.289. The first-order valence-electron chi connectivity index (χ1n) is 6.01. The van der Waals surface area contributed by atoms with E-state index in [-0.39, 0.29) is 25.4 Å². The van der Waals surface area contributed by atoms with Crippen LogP contribution in [0.2, 0.25) is 0 Å². The third-order valence-corrected chi connectivity index (χ3v) is 2.73. The second kappa shape index (κ2) is 7.38. The van der Waals surface area contributed by atoms with Crippen molar-refractivity contribution in [2.75, 3.05) is 12.3 Å². The summed E-state index contributed by atoms with van der Waals surface area (Å²) in [6, 6.07) is 6.16. The fraction of sp³-hybridized carbons (Fsp3) is 0.385. The standard InChI is InChI=1S/C13H18N2O4/c14-10-4-2-1-3-9(10)5-6-12(17)15-11(7-8-16)13(18)19/h1-4,11,16H,5-8,14H2,(H,15,17)(H,18,19). The minimum Gasteiger partial charge on any atom is -0.480 e. The van der Waals surface area contributed by atoms with E-state index in [0.717, 1.165) is 5.56 Å². The van der Waals surface area contributed by atoms with Gasteiger partial charge < -0.3 is 21.3 Å². The highest BCUT2D eigenvalue weighted by Crippen LogP contribution is 2.12. The third-order valence-electron chi connectivity index (χ3n) is 2.73. The average molecular weight is 266 g/mol. The molecule has 0 aliphatic rings. The molecule has 1 amide bonds. The normalized spacial score (nSPS) is 11.8. The van der Waals surface area contributed by atoms with Crippen LogP contribution in [-0.4, -0.2) is 34.7 Å². The molecule has 0 aliphatic carbocycles. The molecular formula is C13H18N2O4. The Bertz CT molecular complexity index is 448. The lowest BCUT2D eigenvalue weighted by Gasteiger charge is -2.13. The highest BCUT2D eigenvalue weighted by atomic mass is 16.4. The largest absolute Gasteiger partial charge is 0.480 e. The highest BCUT2D eigenvalue weighted by Gasteiger charge is 2.18. The fourth-order valence-corrected chi connectivity index (χ4v) is 1.66. The highest BCUT2D eigenvalue weighted by molar-refractivity contribution is 5.83. The van der Waals surface area contributed by atoms with Gasteiger partial charge in [-0.3, -0.25) is 4.79 Å². The molecule has 19 heavy (non-hydrogen) atoms. The van der Waals surface area contributed by atoms with Gasteiger partial charge in [-0.15, -0.1) is 0 Å². The first-order valence-corrected chi connectivity index (χ1v) is 6.01. The molecule has 1 rings (SSSR count). The number of rotatable bonds is 7. The molecule has 0 heterocycles. The van der Waals surface area contributed by atoms with Crippen LogP contribution in [-0.2, 0) is 16.0 Å². The lowest BCUT2D eigenvalue weighted by molar-refractivity contribution is -0.142. The van der Waals surface area contributed by atoms with E-state index in [1.54, 1.807) is 12.1 Å². The monoisotopic (exact) mass is 266 g/mol. The van der Waals surface area contributed by atoms with Crippen molar-refractivity contribution >= 4 is 17.6 Å². The molecule has 1 unspecified atom stereocenters. The van der Waals surface area contributed by atoms with Crippen molar-refractivity contribution in [2.45, 2.75) is 25.3 Å². The molecule has 5 N–H and O–H groups in total. The summed E-state index contributed by atoms with van der Waals surface area (Å²) in [7, 11) is 0. The molecule has 1 atom stereocenters. The molecule has 0 saturated heterocycles. The first-order chi connectivity index (χ1) is 9.04. The molecule has 0 radical (unpaired) electrons. The molecule has 0 aliphatic heterocycles. The second-order valence-corrected chi connectivity index (χ2v) is 4.17. The van der Waals surface area contributed by atoms with E-state index in [2.05, 4.69) is 5.32 Å². The molecule has 104 valence electrons. The van der Waals surface area contributed by atoms with Gasteiger partial charge in [0.25, 0.3) is 0 Å². The van der Waals surface area contributed by atoms with Crippen LogP contribution < -0.4 is 11.1 Å². The quantitative estimate of drug-likeness (QED) is 0.525. The average Bonchev–Trinajstić information content (AvgIpc) is 2.37. The van der Waals surface area contributed by atoms with Crippen molar-refractivity contribution < 1.29 is 19.8 Å². The van der Waals surface area contributed by atoms with Crippen molar-refractivity contribution in [3.63, 3.8) is 0 Å². The maximum Gasteiger partial charge on any atom is 0.326 e. The van der Waals surface area contributed by atoms with Gasteiger partial charge in [-0.05, 0) is 18.1 Å². The molecule has 0 aromatic heterocycles. The van der Waals surface area contributed by atoms with E-state index in [0.29, 0.717) is 12.1 Å². The van der Waals surface area contributed by atoms with E-state index in [4.69, 9.17) is 15.9 Å². The van der Waals surface area contributed by atoms with E-state index in [9.17, 15) is 9.59 Å². The van der Waals surface area contributed by atoms with Crippen molar-refractivity contribution in [3.05, 3.63) is 29.8 Å². The summed E-state index contributed by atoms with van der Waals surface area (Å²) in [5.41, 5.74) is 7.21. The van der Waals surface area contributed by atoms with Gasteiger partial charge in [-0.2, -0.15) is 0 Å². The van der Waals surface area contributed by atoms with Crippen molar-refractivity contribution in [2.24, 2.45) is 0 Å². The lowest BCUT2D eigenvalue weighted by atomic mass is 10.1. The Morgan fingerprint density at radius 2 is 2.00 bits per heavy atom. The van der Waals surface area contributed by atoms with E-state index >= 15 is 0 Å². The number of carboxylic acids is 1. The molecule has 1 aromatic carbocycles. The Balaban J connectivity index is 2.47. The number of hydrogen-bond acceptors (Lipinski definition) is 4. The minimum atomic E-state index is -1.15. The van der Waals surface area contributed by atoms with Crippen LogP contribution in [0, 0.1) is 0 Å². The molecule has 6 heteroatoms. The zero-order chi connectivity index (χ0) is 14.3. The zero-order valence-corrected chi connectivity index (χ0v) is 10.5. The van der Waals surface area contributed by atoms with Crippen LogP contribution in [0.4, 0.5) is 5.69 Å². The molecule has 0 saturated carbocycles. The molecule has 0 spiro atoms. The number of aliphatic hydroxyl groups excluding tert-OH is 1.